The van der Waals surface area contributed by atoms with Crippen molar-refractivity contribution in [2.75, 3.05) is 5.32 Å². The maximum atomic E-state index is 12.4. The van der Waals surface area contributed by atoms with Gasteiger partial charge in [-0.2, -0.15) is 0 Å². The molecule has 23 heavy (non-hydrogen) atoms. The average Bonchev–Trinajstić information content (AvgIpc) is 3.27. The number of aromatic nitrogens is 1. The molecule has 0 saturated heterocycles. The van der Waals surface area contributed by atoms with E-state index in [2.05, 4.69) is 12.2 Å². The summed E-state index contributed by atoms with van der Waals surface area (Å²) in [6, 6.07) is 15.4. The molecule has 1 atom stereocenters. The average molecular weight is 308 g/mol. The van der Waals surface area contributed by atoms with Crippen molar-refractivity contribution < 1.29 is 9.21 Å². The highest BCUT2D eigenvalue weighted by Crippen LogP contribution is 2.23. The number of rotatable bonds is 6. The second-order valence-electron chi connectivity index (χ2n) is 5.46. The van der Waals surface area contributed by atoms with Crippen LogP contribution in [0.5, 0.6) is 0 Å². The first-order valence-electron chi connectivity index (χ1n) is 7.81. The summed E-state index contributed by atoms with van der Waals surface area (Å²) in [5.41, 5.74) is 2.07. The van der Waals surface area contributed by atoms with Gasteiger partial charge in [0.15, 0.2) is 0 Å². The number of hydrogen-bond acceptors (Lipinski definition) is 2. The Kier molecular flexibility index (Phi) is 4.62. The Morgan fingerprint density at radius 1 is 1.13 bits per heavy atom. The lowest BCUT2D eigenvalue weighted by atomic mass is 10.1. The molecule has 0 unspecified atom stereocenters. The molecule has 2 heterocycles. The lowest BCUT2D eigenvalue weighted by Gasteiger charge is -2.16. The third-order valence-corrected chi connectivity index (χ3v) is 3.88. The quantitative estimate of drug-likeness (QED) is 0.739. The van der Waals surface area contributed by atoms with Gasteiger partial charge >= 0.3 is 0 Å². The summed E-state index contributed by atoms with van der Waals surface area (Å²) in [5, 5.41) is 2.95. The molecule has 0 fully saturated rings. The number of benzene rings is 1. The van der Waals surface area contributed by atoms with Crippen LogP contribution in [0.4, 0.5) is 5.69 Å². The molecule has 4 nitrogen and oxygen atoms in total. The van der Waals surface area contributed by atoms with Crippen LogP contribution in [0.2, 0.25) is 0 Å². The molecule has 0 aliphatic heterocycles. The summed E-state index contributed by atoms with van der Waals surface area (Å²) in [6.07, 6.45) is 6.82. The second-order valence-corrected chi connectivity index (χ2v) is 5.46. The van der Waals surface area contributed by atoms with Gasteiger partial charge in [0, 0.05) is 18.1 Å². The van der Waals surface area contributed by atoms with E-state index in [4.69, 9.17) is 4.42 Å². The number of aryl methyl sites for hydroxylation is 1. The van der Waals surface area contributed by atoms with Crippen LogP contribution in [0.15, 0.2) is 71.6 Å². The number of carbonyl (C=O) groups is 1. The highest BCUT2D eigenvalue weighted by Gasteiger charge is 2.19. The lowest BCUT2D eigenvalue weighted by Crippen LogP contribution is -2.19. The molecule has 0 spiro atoms. The van der Waals surface area contributed by atoms with Crippen molar-refractivity contribution in [1.82, 2.24) is 4.57 Å². The molecule has 118 valence electrons. The van der Waals surface area contributed by atoms with E-state index in [1.54, 1.807) is 6.26 Å². The van der Waals surface area contributed by atoms with Crippen molar-refractivity contribution in [3.8, 4) is 0 Å². The summed E-state index contributed by atoms with van der Waals surface area (Å²) < 4.78 is 7.48. The van der Waals surface area contributed by atoms with E-state index in [9.17, 15) is 4.79 Å². The van der Waals surface area contributed by atoms with Gasteiger partial charge in [-0.25, -0.2) is 0 Å². The molecule has 0 saturated carbocycles. The van der Waals surface area contributed by atoms with Crippen molar-refractivity contribution in [3.63, 3.8) is 0 Å². The molecule has 0 bridgehead atoms. The van der Waals surface area contributed by atoms with Crippen LogP contribution < -0.4 is 5.32 Å². The van der Waals surface area contributed by atoms with Crippen LogP contribution in [-0.2, 0) is 11.2 Å². The third kappa shape index (κ3) is 3.72. The SMILES string of the molecule is CCc1ccc(NC(=O)C[C@@H](c2ccco2)n2cccc2)cc1. The normalized spacial score (nSPS) is 12.0. The Labute approximate surface area is 135 Å². The summed E-state index contributed by atoms with van der Waals surface area (Å²) >= 11 is 0. The first-order valence-corrected chi connectivity index (χ1v) is 7.81. The maximum absolute atomic E-state index is 12.4. The molecule has 1 N–H and O–H groups in total. The van der Waals surface area contributed by atoms with Gasteiger partial charge in [0.25, 0.3) is 0 Å². The summed E-state index contributed by atoms with van der Waals surface area (Å²) in [7, 11) is 0. The Hall–Kier alpha value is -2.75. The van der Waals surface area contributed by atoms with Gasteiger partial charge in [-0.1, -0.05) is 19.1 Å². The molecule has 0 aliphatic rings. The second kappa shape index (κ2) is 7.01. The molecule has 0 radical (unpaired) electrons. The zero-order valence-corrected chi connectivity index (χ0v) is 13.1. The number of carbonyl (C=O) groups excluding carboxylic acids is 1. The Balaban J connectivity index is 1.71. The van der Waals surface area contributed by atoms with Crippen molar-refractivity contribution in [2.24, 2.45) is 0 Å². The number of hydrogen-bond donors (Lipinski definition) is 1. The van der Waals surface area contributed by atoms with Crippen LogP contribution in [0, 0.1) is 0 Å². The fraction of sp³-hybridized carbons (Fsp3) is 0.211. The van der Waals surface area contributed by atoms with Gasteiger partial charge in [0.2, 0.25) is 5.91 Å². The Bertz CT molecular complexity index is 694. The Morgan fingerprint density at radius 2 is 1.87 bits per heavy atom. The fourth-order valence-corrected chi connectivity index (χ4v) is 2.60. The number of nitrogens with zero attached hydrogens (tertiary/aromatic N) is 1. The molecular weight excluding hydrogens is 288 g/mol. The van der Waals surface area contributed by atoms with Gasteiger partial charge in [-0.3, -0.25) is 4.79 Å². The van der Waals surface area contributed by atoms with Crippen LogP contribution in [0.3, 0.4) is 0 Å². The predicted octanol–water partition coefficient (Wildman–Crippen LogP) is 4.26. The summed E-state index contributed by atoms with van der Waals surface area (Å²) in [4.78, 5) is 12.4. The molecule has 2 aromatic heterocycles. The van der Waals surface area contributed by atoms with E-state index in [0.29, 0.717) is 6.42 Å². The molecule has 1 amide bonds. The van der Waals surface area contributed by atoms with E-state index in [1.807, 2.05) is 65.5 Å². The highest BCUT2D eigenvalue weighted by atomic mass is 16.3. The van der Waals surface area contributed by atoms with Crippen LogP contribution in [-0.4, -0.2) is 10.5 Å². The zero-order valence-electron chi connectivity index (χ0n) is 13.1. The van der Waals surface area contributed by atoms with Crippen LogP contribution in [0.25, 0.3) is 0 Å². The van der Waals surface area contributed by atoms with Gasteiger partial charge < -0.3 is 14.3 Å². The fourth-order valence-electron chi connectivity index (χ4n) is 2.60. The lowest BCUT2D eigenvalue weighted by molar-refractivity contribution is -0.116. The molecular formula is C19H20N2O2. The van der Waals surface area contributed by atoms with E-state index >= 15 is 0 Å². The minimum absolute atomic E-state index is 0.0376. The highest BCUT2D eigenvalue weighted by molar-refractivity contribution is 5.91. The summed E-state index contributed by atoms with van der Waals surface area (Å²) in [6.45, 7) is 2.11. The molecule has 0 aliphatic carbocycles. The number of furan rings is 1. The summed E-state index contributed by atoms with van der Waals surface area (Å²) in [5.74, 6) is 0.738. The minimum atomic E-state index is -0.144. The van der Waals surface area contributed by atoms with Crippen LogP contribution >= 0.6 is 0 Å². The third-order valence-electron chi connectivity index (χ3n) is 3.88. The Morgan fingerprint density at radius 3 is 2.48 bits per heavy atom. The zero-order chi connectivity index (χ0) is 16.1. The smallest absolute Gasteiger partial charge is 0.226 e. The van der Waals surface area contributed by atoms with E-state index in [1.165, 1.54) is 5.56 Å². The maximum Gasteiger partial charge on any atom is 0.226 e. The monoisotopic (exact) mass is 308 g/mol. The largest absolute Gasteiger partial charge is 0.467 e. The number of amides is 1. The van der Waals surface area contributed by atoms with Gasteiger partial charge in [-0.05, 0) is 48.4 Å². The minimum Gasteiger partial charge on any atom is -0.467 e. The predicted molar refractivity (Wildman–Crippen MR) is 90.3 cm³/mol. The van der Waals surface area contributed by atoms with Gasteiger partial charge in [-0.15, -0.1) is 0 Å². The molecule has 4 heteroatoms. The first-order chi connectivity index (χ1) is 11.3. The molecule has 3 aromatic rings. The topological polar surface area (TPSA) is 47.2 Å². The van der Waals surface area contributed by atoms with E-state index in [-0.39, 0.29) is 11.9 Å². The van der Waals surface area contributed by atoms with Crippen molar-refractivity contribution in [2.45, 2.75) is 25.8 Å². The van der Waals surface area contributed by atoms with Crippen molar-refractivity contribution in [1.29, 1.82) is 0 Å². The van der Waals surface area contributed by atoms with E-state index < -0.39 is 0 Å². The van der Waals surface area contributed by atoms with Gasteiger partial charge in [0.1, 0.15) is 5.76 Å². The molecule has 1 aromatic carbocycles. The van der Waals surface area contributed by atoms with Crippen LogP contribution in [0.1, 0.15) is 30.7 Å². The van der Waals surface area contributed by atoms with Crippen molar-refractivity contribution >= 4 is 11.6 Å². The number of anilines is 1. The number of nitrogens with one attached hydrogen (secondary N) is 1. The standard InChI is InChI=1S/C19H20N2O2/c1-2-15-7-9-16(10-8-15)20-19(22)14-17(18-6-5-13-23-18)21-11-3-4-12-21/h3-13,17H,2,14H2,1H3,(H,20,22)/t17-/m0/s1. The van der Waals surface area contributed by atoms with Crippen molar-refractivity contribution in [3.05, 3.63) is 78.5 Å². The molecule has 3 rings (SSSR count). The first kappa shape index (κ1) is 15.2. The van der Waals surface area contributed by atoms with E-state index in [0.717, 1.165) is 17.9 Å². The van der Waals surface area contributed by atoms with Gasteiger partial charge in [0.05, 0.1) is 18.7 Å².